The lowest BCUT2D eigenvalue weighted by Gasteiger charge is -2.17. The van der Waals surface area contributed by atoms with Crippen molar-refractivity contribution in [3.63, 3.8) is 0 Å². The first-order valence-electron chi connectivity index (χ1n) is 15.4. The number of hydrogen-bond acceptors (Lipinski definition) is 2. The van der Waals surface area contributed by atoms with Crippen molar-refractivity contribution >= 4 is 43.6 Å². The summed E-state index contributed by atoms with van der Waals surface area (Å²) in [5.41, 5.74) is 15.5. The SMILES string of the molecule is c1ccc2c(c1)c1c3n2COCn2c-3c(c3ccccc32)Cc2c3n(c4ccccc24)COCn2c-3c(c3ccccc32)C1. The molecule has 4 aromatic carbocycles. The Bertz CT molecular complexity index is 2170. The minimum Gasteiger partial charge on any atom is -0.340 e. The Hall–Kier alpha value is -5.04. The Morgan fingerprint density at radius 2 is 0.591 bits per heavy atom. The fourth-order valence-corrected chi connectivity index (χ4v) is 8.64. The number of para-hydroxylation sites is 4. The van der Waals surface area contributed by atoms with Gasteiger partial charge in [-0.25, -0.2) is 0 Å². The van der Waals surface area contributed by atoms with Gasteiger partial charge < -0.3 is 27.7 Å². The Balaban J connectivity index is 1.40. The summed E-state index contributed by atoms with van der Waals surface area (Å²) >= 11 is 0. The molecule has 0 amide bonds. The molecule has 212 valence electrons. The van der Waals surface area contributed by atoms with E-state index in [2.05, 4.69) is 115 Å². The van der Waals surface area contributed by atoms with E-state index in [4.69, 9.17) is 9.47 Å². The molecule has 6 heteroatoms. The highest BCUT2D eigenvalue weighted by Crippen LogP contribution is 2.49. The number of hydrogen-bond donors (Lipinski definition) is 0. The number of rotatable bonds is 0. The molecule has 0 atom stereocenters. The van der Waals surface area contributed by atoms with Crippen LogP contribution in [0.15, 0.2) is 97.1 Å². The Kier molecular flexibility index (Phi) is 4.43. The first-order valence-corrected chi connectivity index (χ1v) is 15.4. The van der Waals surface area contributed by atoms with Crippen LogP contribution in [0.3, 0.4) is 0 Å². The molecule has 0 bridgehead atoms. The topological polar surface area (TPSA) is 38.2 Å². The molecule has 4 aromatic heterocycles. The molecule has 8 aromatic rings. The van der Waals surface area contributed by atoms with Crippen LogP contribution in [-0.2, 0) is 49.2 Å². The van der Waals surface area contributed by atoms with Crippen molar-refractivity contribution in [2.75, 3.05) is 0 Å². The van der Waals surface area contributed by atoms with Gasteiger partial charge in [-0.3, -0.25) is 0 Å². The highest BCUT2D eigenvalue weighted by atomic mass is 16.5. The summed E-state index contributed by atoms with van der Waals surface area (Å²) in [4.78, 5) is 0. The summed E-state index contributed by atoms with van der Waals surface area (Å²) in [6, 6.07) is 35.5. The first-order chi connectivity index (χ1) is 21.9. The number of benzene rings is 4. The van der Waals surface area contributed by atoms with E-state index in [9.17, 15) is 0 Å². The van der Waals surface area contributed by atoms with Crippen LogP contribution in [0.1, 0.15) is 22.3 Å². The second kappa shape index (κ2) is 8.32. The monoisotopic (exact) mass is 572 g/mol. The zero-order chi connectivity index (χ0) is 28.5. The molecule has 2 aliphatic heterocycles. The molecule has 3 aliphatic rings. The van der Waals surface area contributed by atoms with Gasteiger partial charge in [-0.05, 0) is 46.5 Å². The molecular weight excluding hydrogens is 544 g/mol. The van der Waals surface area contributed by atoms with Gasteiger partial charge in [0.05, 0.1) is 44.8 Å². The molecular formula is C38H28N4O2. The van der Waals surface area contributed by atoms with Crippen molar-refractivity contribution in [1.29, 1.82) is 0 Å². The third-order valence-corrected chi connectivity index (χ3v) is 10.3. The molecule has 0 unspecified atom stereocenters. The lowest BCUT2D eigenvalue weighted by Crippen LogP contribution is -2.07. The highest BCUT2D eigenvalue weighted by Gasteiger charge is 2.35. The maximum atomic E-state index is 6.48. The average molecular weight is 573 g/mol. The van der Waals surface area contributed by atoms with Gasteiger partial charge >= 0.3 is 0 Å². The minimum atomic E-state index is 0.526. The number of nitrogens with zero attached hydrogens (tertiary/aromatic N) is 4. The molecule has 0 saturated carbocycles. The van der Waals surface area contributed by atoms with Crippen LogP contribution in [0.25, 0.3) is 66.4 Å². The van der Waals surface area contributed by atoms with Crippen LogP contribution in [0.5, 0.6) is 0 Å². The van der Waals surface area contributed by atoms with Crippen molar-refractivity contribution in [3.05, 3.63) is 119 Å². The van der Waals surface area contributed by atoms with Gasteiger partial charge in [0, 0.05) is 34.4 Å². The normalized spacial score (nSPS) is 15.5. The summed E-state index contributed by atoms with van der Waals surface area (Å²) in [6.07, 6.45) is 1.63. The van der Waals surface area contributed by atoms with Gasteiger partial charge in [0.25, 0.3) is 0 Å². The molecule has 0 N–H and O–H groups in total. The van der Waals surface area contributed by atoms with Gasteiger partial charge in [0.15, 0.2) is 0 Å². The minimum absolute atomic E-state index is 0.526. The Morgan fingerprint density at radius 1 is 0.341 bits per heavy atom. The number of fused-ring (bicyclic) bond motifs is 12. The zero-order valence-electron chi connectivity index (χ0n) is 24.1. The average Bonchev–Trinajstić information content (AvgIpc) is 3.64. The third kappa shape index (κ3) is 2.79. The fraction of sp³-hybridized carbons (Fsp3) is 0.158. The Labute approximate surface area is 252 Å². The highest BCUT2D eigenvalue weighted by molar-refractivity contribution is 6.03. The molecule has 1 aliphatic carbocycles. The maximum Gasteiger partial charge on any atom is 0.125 e. The van der Waals surface area contributed by atoms with E-state index in [0.717, 1.165) is 12.8 Å². The van der Waals surface area contributed by atoms with Crippen LogP contribution < -0.4 is 0 Å². The molecule has 0 saturated heterocycles. The lowest BCUT2D eigenvalue weighted by molar-refractivity contribution is 0.0388. The number of ether oxygens (including phenoxy) is 2. The fourth-order valence-electron chi connectivity index (χ4n) is 8.64. The van der Waals surface area contributed by atoms with Crippen LogP contribution in [0, 0.1) is 0 Å². The summed E-state index contributed by atoms with van der Waals surface area (Å²) in [7, 11) is 0. The van der Waals surface area contributed by atoms with Gasteiger partial charge in [0.1, 0.15) is 26.9 Å². The van der Waals surface area contributed by atoms with E-state index >= 15 is 0 Å². The largest absolute Gasteiger partial charge is 0.340 e. The molecule has 44 heavy (non-hydrogen) atoms. The van der Waals surface area contributed by atoms with Crippen molar-refractivity contribution in [2.24, 2.45) is 0 Å². The van der Waals surface area contributed by atoms with Crippen LogP contribution >= 0.6 is 0 Å². The second-order valence-electron chi connectivity index (χ2n) is 12.4. The van der Waals surface area contributed by atoms with E-state index < -0.39 is 0 Å². The molecule has 0 fully saturated rings. The molecule has 0 radical (unpaired) electrons. The Morgan fingerprint density at radius 3 is 0.864 bits per heavy atom. The van der Waals surface area contributed by atoms with Crippen LogP contribution in [0.4, 0.5) is 0 Å². The smallest absolute Gasteiger partial charge is 0.125 e. The van der Waals surface area contributed by atoms with Crippen LogP contribution in [0.2, 0.25) is 0 Å². The summed E-state index contributed by atoms with van der Waals surface area (Å²) < 4.78 is 22.7. The van der Waals surface area contributed by atoms with Crippen molar-refractivity contribution in [2.45, 2.75) is 39.8 Å². The molecule has 6 heterocycles. The van der Waals surface area contributed by atoms with Gasteiger partial charge in [-0.15, -0.1) is 0 Å². The summed E-state index contributed by atoms with van der Waals surface area (Å²) in [5, 5.41) is 5.19. The first kappa shape index (κ1) is 23.4. The van der Waals surface area contributed by atoms with Gasteiger partial charge in [0.2, 0.25) is 0 Å². The van der Waals surface area contributed by atoms with Crippen molar-refractivity contribution < 1.29 is 9.47 Å². The lowest BCUT2D eigenvalue weighted by atomic mass is 9.90. The second-order valence-corrected chi connectivity index (χ2v) is 12.4. The van der Waals surface area contributed by atoms with Crippen molar-refractivity contribution in [3.8, 4) is 22.8 Å². The van der Waals surface area contributed by atoms with E-state index in [-0.39, 0.29) is 0 Å². The molecule has 0 spiro atoms. The third-order valence-electron chi connectivity index (χ3n) is 10.3. The summed E-state index contributed by atoms with van der Waals surface area (Å²) in [5.74, 6) is 0. The van der Waals surface area contributed by atoms with E-state index in [0.29, 0.717) is 26.9 Å². The summed E-state index contributed by atoms with van der Waals surface area (Å²) in [6.45, 7) is 2.10. The van der Waals surface area contributed by atoms with E-state index in [1.165, 1.54) is 88.6 Å². The number of aromatic nitrogens is 4. The standard InChI is InChI=1S/C38H28N4O2/c1-5-13-31-23(9-1)27-17-28-24-10-2-6-14-32(24)41-21-44-22-42-34-16-8-4-12-26(34)30(38(42)37(28)41)18-29-25-11-3-7-15-33(25)40-20-43-19-39(31)35(27)36(29)40/h1-16H,17-22H2. The predicted molar refractivity (Wildman–Crippen MR) is 174 cm³/mol. The van der Waals surface area contributed by atoms with Crippen LogP contribution in [-0.4, -0.2) is 18.3 Å². The van der Waals surface area contributed by atoms with E-state index in [1.54, 1.807) is 0 Å². The maximum absolute atomic E-state index is 6.48. The molecule has 6 nitrogen and oxygen atoms in total. The van der Waals surface area contributed by atoms with Gasteiger partial charge in [-0.2, -0.15) is 0 Å². The van der Waals surface area contributed by atoms with E-state index in [1.807, 2.05) is 0 Å². The van der Waals surface area contributed by atoms with Crippen molar-refractivity contribution in [1.82, 2.24) is 18.3 Å². The quantitative estimate of drug-likeness (QED) is 0.184. The zero-order valence-corrected chi connectivity index (χ0v) is 24.1. The predicted octanol–water partition coefficient (Wildman–Crippen LogP) is 8.22. The van der Waals surface area contributed by atoms with Gasteiger partial charge in [-0.1, -0.05) is 72.8 Å². The molecule has 11 rings (SSSR count).